The van der Waals surface area contributed by atoms with Gasteiger partial charge in [-0.3, -0.25) is 10.1 Å². The number of aliphatic carboxylic acids is 1. The van der Waals surface area contributed by atoms with Gasteiger partial charge in [0.25, 0.3) is 0 Å². The summed E-state index contributed by atoms with van der Waals surface area (Å²) in [4.78, 5) is 16.5. The average molecular weight is 336 g/mol. The first-order valence-electron chi connectivity index (χ1n) is 6.97. The topological polar surface area (TPSA) is 71.5 Å². The molecule has 3 rings (SSSR count). The average Bonchev–Trinajstić information content (AvgIpc) is 3.17. The van der Waals surface area contributed by atoms with E-state index in [0.29, 0.717) is 12.4 Å². The number of carboxylic acid groups (broad SMARTS) is 1. The summed E-state index contributed by atoms with van der Waals surface area (Å²) in [5.74, 6) is 0.615. The van der Waals surface area contributed by atoms with E-state index in [4.69, 9.17) is 9.84 Å². The van der Waals surface area contributed by atoms with E-state index in [2.05, 4.69) is 10.3 Å². The van der Waals surface area contributed by atoms with Gasteiger partial charge in [0.15, 0.2) is 0 Å². The van der Waals surface area contributed by atoms with Crippen LogP contribution in [0.1, 0.15) is 17.3 Å². The Morgan fingerprint density at radius 3 is 2.86 bits per heavy atom. The highest BCUT2D eigenvalue weighted by Gasteiger charge is 2.31. The first-order valence-corrected chi connectivity index (χ1v) is 8.83. The summed E-state index contributed by atoms with van der Waals surface area (Å²) in [7, 11) is 0. The van der Waals surface area contributed by atoms with Crippen LogP contribution >= 0.6 is 23.1 Å². The number of hydrogen-bond acceptors (Lipinski definition) is 6. The van der Waals surface area contributed by atoms with Gasteiger partial charge in [-0.15, -0.1) is 23.1 Å². The van der Waals surface area contributed by atoms with Gasteiger partial charge in [0.1, 0.15) is 22.2 Å². The number of carbonyl (C=O) groups is 1. The predicted octanol–water partition coefficient (Wildman–Crippen LogP) is 3.00. The third-order valence-electron chi connectivity index (χ3n) is 3.28. The lowest BCUT2D eigenvalue weighted by atomic mass is 10.2. The molecule has 7 heteroatoms. The van der Waals surface area contributed by atoms with Crippen LogP contribution in [0.15, 0.2) is 30.5 Å². The van der Waals surface area contributed by atoms with Crippen LogP contribution in [0.2, 0.25) is 0 Å². The monoisotopic (exact) mass is 336 g/mol. The number of thiazole rings is 1. The van der Waals surface area contributed by atoms with Crippen molar-refractivity contribution in [2.45, 2.75) is 18.3 Å². The Balaban J connectivity index is 1.72. The molecule has 1 aliphatic rings. The van der Waals surface area contributed by atoms with Crippen molar-refractivity contribution in [3.05, 3.63) is 35.5 Å². The molecule has 0 aliphatic carbocycles. The molecule has 0 bridgehead atoms. The predicted molar refractivity (Wildman–Crippen MR) is 88.5 cm³/mol. The summed E-state index contributed by atoms with van der Waals surface area (Å²) >= 11 is 3.17. The highest BCUT2D eigenvalue weighted by atomic mass is 32.2. The smallest absolute Gasteiger partial charge is 0.321 e. The molecule has 2 heterocycles. The lowest BCUT2D eigenvalue weighted by Gasteiger charge is -2.07. The van der Waals surface area contributed by atoms with Crippen molar-refractivity contribution in [2.75, 3.05) is 12.4 Å². The zero-order chi connectivity index (χ0) is 15.5. The molecule has 22 heavy (non-hydrogen) atoms. The largest absolute Gasteiger partial charge is 0.494 e. The molecule has 1 aromatic carbocycles. The molecule has 0 saturated carbocycles. The van der Waals surface area contributed by atoms with Gasteiger partial charge in [-0.05, 0) is 36.8 Å². The molecule has 2 unspecified atom stereocenters. The fourth-order valence-electron chi connectivity index (χ4n) is 2.18. The lowest BCUT2D eigenvalue weighted by Crippen LogP contribution is -2.33. The number of aromatic nitrogens is 1. The lowest BCUT2D eigenvalue weighted by molar-refractivity contribution is -0.138. The summed E-state index contributed by atoms with van der Waals surface area (Å²) < 4.78 is 5.44. The Labute approximate surface area is 136 Å². The van der Waals surface area contributed by atoms with E-state index in [1.165, 1.54) is 0 Å². The van der Waals surface area contributed by atoms with Gasteiger partial charge in [0, 0.05) is 11.9 Å². The van der Waals surface area contributed by atoms with Crippen molar-refractivity contribution in [3.63, 3.8) is 0 Å². The molecule has 0 amide bonds. The zero-order valence-electron chi connectivity index (χ0n) is 12.0. The summed E-state index contributed by atoms with van der Waals surface area (Å²) in [6, 6.07) is 7.42. The minimum atomic E-state index is -0.807. The van der Waals surface area contributed by atoms with E-state index in [0.717, 1.165) is 21.2 Å². The standard InChI is InChI=1S/C15H16N2O3S2/c1-2-20-10-5-3-9(4-6-10)12-7-16-13(22-12)14-17-11(8-21-14)15(18)19/h3-7,11,14,17H,2,8H2,1H3,(H,18,19). The van der Waals surface area contributed by atoms with E-state index in [9.17, 15) is 4.79 Å². The van der Waals surface area contributed by atoms with Gasteiger partial charge in [-0.2, -0.15) is 0 Å². The number of rotatable bonds is 5. The van der Waals surface area contributed by atoms with E-state index >= 15 is 0 Å². The first-order chi connectivity index (χ1) is 10.7. The molecule has 2 N–H and O–H groups in total. The normalized spacial score (nSPS) is 21.0. The molecular formula is C15H16N2O3S2. The van der Waals surface area contributed by atoms with Gasteiger partial charge in [0.2, 0.25) is 0 Å². The van der Waals surface area contributed by atoms with E-state index < -0.39 is 12.0 Å². The van der Waals surface area contributed by atoms with Crippen LogP contribution in [-0.2, 0) is 4.79 Å². The van der Waals surface area contributed by atoms with Crippen molar-refractivity contribution in [1.29, 1.82) is 0 Å². The van der Waals surface area contributed by atoms with Crippen molar-refractivity contribution in [2.24, 2.45) is 0 Å². The number of nitrogens with zero attached hydrogens (tertiary/aromatic N) is 1. The minimum absolute atomic E-state index is 0.0393. The summed E-state index contributed by atoms with van der Waals surface area (Å²) in [5, 5.41) is 13.0. The molecule has 1 saturated heterocycles. The first kappa shape index (κ1) is 15.3. The fraction of sp³-hybridized carbons (Fsp3) is 0.333. The second-order valence-electron chi connectivity index (χ2n) is 4.79. The van der Waals surface area contributed by atoms with Gasteiger partial charge in [0.05, 0.1) is 11.5 Å². The molecule has 2 aromatic rings. The third-order valence-corrected chi connectivity index (χ3v) is 5.76. The Hall–Kier alpha value is -1.57. The van der Waals surface area contributed by atoms with Gasteiger partial charge >= 0.3 is 5.97 Å². The minimum Gasteiger partial charge on any atom is -0.494 e. The van der Waals surface area contributed by atoms with E-state index in [1.54, 1.807) is 23.1 Å². The van der Waals surface area contributed by atoms with Crippen LogP contribution < -0.4 is 10.1 Å². The maximum Gasteiger partial charge on any atom is 0.321 e. The number of hydrogen-bond donors (Lipinski definition) is 2. The Bertz CT molecular complexity index is 657. The van der Waals surface area contributed by atoms with Crippen molar-refractivity contribution >= 4 is 29.1 Å². The van der Waals surface area contributed by atoms with Crippen LogP contribution in [0.3, 0.4) is 0 Å². The summed E-state index contributed by atoms with van der Waals surface area (Å²) in [5.41, 5.74) is 1.09. The molecule has 1 aromatic heterocycles. The highest BCUT2D eigenvalue weighted by molar-refractivity contribution is 7.99. The second-order valence-corrected chi connectivity index (χ2v) is 6.99. The maximum absolute atomic E-state index is 11.0. The molecule has 2 atom stereocenters. The number of thioether (sulfide) groups is 1. The van der Waals surface area contributed by atoms with Crippen LogP contribution in [0.4, 0.5) is 0 Å². The highest BCUT2D eigenvalue weighted by Crippen LogP contribution is 2.37. The molecule has 1 fully saturated rings. The number of carboxylic acids is 1. The van der Waals surface area contributed by atoms with Crippen LogP contribution in [0.25, 0.3) is 10.4 Å². The van der Waals surface area contributed by atoms with Crippen molar-refractivity contribution < 1.29 is 14.6 Å². The van der Waals surface area contributed by atoms with Gasteiger partial charge in [-0.1, -0.05) is 0 Å². The summed E-state index contributed by atoms with van der Waals surface area (Å²) in [6.45, 7) is 2.61. The van der Waals surface area contributed by atoms with Crippen molar-refractivity contribution in [3.8, 4) is 16.2 Å². The van der Waals surface area contributed by atoms with Crippen LogP contribution in [0.5, 0.6) is 5.75 Å². The van der Waals surface area contributed by atoms with E-state index in [-0.39, 0.29) is 5.37 Å². The summed E-state index contributed by atoms with van der Waals surface area (Å²) in [6.07, 6.45) is 1.84. The molecular weight excluding hydrogens is 320 g/mol. The Morgan fingerprint density at radius 2 is 2.23 bits per heavy atom. The van der Waals surface area contributed by atoms with E-state index in [1.807, 2.05) is 37.4 Å². The Kier molecular flexibility index (Phi) is 4.66. The van der Waals surface area contributed by atoms with Crippen molar-refractivity contribution in [1.82, 2.24) is 10.3 Å². The van der Waals surface area contributed by atoms with Gasteiger partial charge < -0.3 is 9.84 Å². The zero-order valence-corrected chi connectivity index (χ0v) is 13.6. The maximum atomic E-state index is 11.0. The fourth-order valence-corrected chi connectivity index (χ4v) is 4.48. The number of benzene rings is 1. The molecule has 0 spiro atoms. The van der Waals surface area contributed by atoms with Crippen LogP contribution in [-0.4, -0.2) is 34.5 Å². The molecule has 1 aliphatic heterocycles. The number of ether oxygens (including phenoxy) is 1. The van der Waals surface area contributed by atoms with Crippen LogP contribution in [0, 0.1) is 0 Å². The second kappa shape index (κ2) is 6.68. The third kappa shape index (κ3) is 3.26. The number of nitrogens with one attached hydrogen (secondary N) is 1. The SMILES string of the molecule is CCOc1ccc(-c2cnc(C3NC(C(=O)O)CS3)s2)cc1. The van der Waals surface area contributed by atoms with Gasteiger partial charge in [-0.25, -0.2) is 4.98 Å². The Morgan fingerprint density at radius 1 is 1.45 bits per heavy atom. The molecule has 0 radical (unpaired) electrons. The molecule has 5 nitrogen and oxygen atoms in total. The molecule has 116 valence electrons. The quantitative estimate of drug-likeness (QED) is 0.874.